The van der Waals surface area contributed by atoms with E-state index in [4.69, 9.17) is 11.5 Å². The van der Waals surface area contributed by atoms with E-state index in [2.05, 4.69) is 19.9 Å². The van der Waals surface area contributed by atoms with Crippen LogP contribution in [-0.2, 0) is 6.18 Å². The van der Waals surface area contributed by atoms with Crippen molar-refractivity contribution in [3.05, 3.63) is 18.0 Å². The van der Waals surface area contributed by atoms with Crippen LogP contribution in [0.3, 0.4) is 0 Å². The lowest BCUT2D eigenvalue weighted by molar-refractivity contribution is -0.140. The Morgan fingerprint density at radius 1 is 1.03 bits per heavy atom. The maximum absolute atomic E-state index is 13.5. The maximum atomic E-state index is 13.5. The molecule has 2 aliphatic rings. The number of nitrogen functional groups attached to an aromatic ring is 1. The van der Waals surface area contributed by atoms with E-state index >= 15 is 0 Å². The molecule has 30 heavy (non-hydrogen) atoms. The van der Waals surface area contributed by atoms with E-state index in [-0.39, 0.29) is 23.5 Å². The fourth-order valence-electron chi connectivity index (χ4n) is 3.44. The zero-order valence-electron chi connectivity index (χ0n) is 15.7. The highest BCUT2D eigenvalue weighted by molar-refractivity contribution is 5.68. The minimum absolute atomic E-state index is 0.0142. The first-order valence-electron chi connectivity index (χ1n) is 9.24. The van der Waals surface area contributed by atoms with Crippen LogP contribution < -0.4 is 21.3 Å². The number of nitrogens with two attached hydrogens (primary N) is 2. The molecule has 8 nitrogen and oxygen atoms in total. The molecule has 0 amide bonds. The third kappa shape index (κ3) is 4.06. The van der Waals surface area contributed by atoms with Crippen LogP contribution in [0.2, 0.25) is 0 Å². The van der Waals surface area contributed by atoms with E-state index in [9.17, 15) is 22.0 Å². The molecule has 4 heterocycles. The molecule has 162 valence electrons. The lowest BCUT2D eigenvalue weighted by Gasteiger charge is -2.40. The second-order valence-electron chi connectivity index (χ2n) is 7.44. The number of hydrogen-bond acceptors (Lipinski definition) is 8. The Balaban J connectivity index is 1.79. The highest BCUT2D eigenvalue weighted by Crippen LogP contribution is 2.38. The van der Waals surface area contributed by atoms with Crippen molar-refractivity contribution in [2.75, 3.05) is 41.7 Å². The quantitative estimate of drug-likeness (QED) is 0.711. The Hall–Kier alpha value is -2.83. The van der Waals surface area contributed by atoms with E-state index < -0.39 is 42.4 Å². The average molecular weight is 430 g/mol. The first-order chi connectivity index (χ1) is 14.0. The molecule has 0 spiro atoms. The Kier molecular flexibility index (Phi) is 4.87. The number of nitrogens with zero attached hydrogens (tertiary/aromatic N) is 6. The molecule has 2 saturated heterocycles. The van der Waals surface area contributed by atoms with Gasteiger partial charge in [0, 0.05) is 37.0 Å². The van der Waals surface area contributed by atoms with Gasteiger partial charge < -0.3 is 21.3 Å². The van der Waals surface area contributed by atoms with Crippen LogP contribution >= 0.6 is 0 Å². The minimum atomic E-state index is -4.81. The van der Waals surface area contributed by atoms with Gasteiger partial charge in [-0.05, 0) is 12.8 Å². The molecule has 0 bridgehead atoms. The largest absolute Gasteiger partial charge is 0.434 e. The lowest BCUT2D eigenvalue weighted by Crippen LogP contribution is -2.56. The Morgan fingerprint density at radius 3 is 2.30 bits per heavy atom. The predicted octanol–water partition coefficient (Wildman–Crippen LogP) is 1.92. The summed E-state index contributed by atoms with van der Waals surface area (Å²) >= 11 is 0. The Bertz CT molecular complexity index is 934. The molecule has 0 aliphatic carbocycles. The van der Waals surface area contributed by atoms with Gasteiger partial charge in [0.15, 0.2) is 5.69 Å². The SMILES string of the molecule is Nc1ncc(-c2cc(N3CC(F)(F)C3)nc(N3CCC(N)CC3)n2)c(C(F)(F)F)n1. The number of halogens is 5. The normalized spacial score (nSPS) is 19.7. The van der Waals surface area contributed by atoms with E-state index in [0.29, 0.717) is 25.9 Å². The van der Waals surface area contributed by atoms with Crippen molar-refractivity contribution in [2.24, 2.45) is 5.73 Å². The van der Waals surface area contributed by atoms with Gasteiger partial charge in [-0.2, -0.15) is 18.2 Å². The standard InChI is InChI=1S/C17H19F5N8/c18-16(19)7-30(8-16)12-5-11(10-6-25-14(24)28-13(10)17(20,21)22)26-15(27-12)29-3-1-9(23)2-4-29/h5-6,9H,1-4,7-8,23H2,(H2,24,25,28). The van der Waals surface area contributed by atoms with Gasteiger partial charge in [-0.3, -0.25) is 0 Å². The second-order valence-corrected chi connectivity index (χ2v) is 7.44. The topological polar surface area (TPSA) is 110 Å². The summed E-state index contributed by atoms with van der Waals surface area (Å²) in [5.74, 6) is -3.15. The molecule has 0 saturated carbocycles. The molecular weight excluding hydrogens is 411 g/mol. The van der Waals surface area contributed by atoms with Crippen LogP contribution in [-0.4, -0.2) is 58.1 Å². The number of hydrogen-bond donors (Lipinski definition) is 2. The Labute approximate surface area is 168 Å². The van der Waals surface area contributed by atoms with Crippen LogP contribution in [0.1, 0.15) is 18.5 Å². The average Bonchev–Trinajstić information content (AvgIpc) is 2.65. The molecule has 0 atom stereocenters. The molecule has 2 aromatic rings. The van der Waals surface area contributed by atoms with Crippen LogP contribution in [0.15, 0.2) is 12.3 Å². The number of piperidine rings is 1. The molecule has 2 aliphatic heterocycles. The monoisotopic (exact) mass is 430 g/mol. The number of rotatable bonds is 3. The van der Waals surface area contributed by atoms with Crippen LogP contribution in [0, 0.1) is 0 Å². The van der Waals surface area contributed by atoms with Gasteiger partial charge in [-0.1, -0.05) is 0 Å². The summed E-state index contributed by atoms with van der Waals surface area (Å²) < 4.78 is 67.3. The van der Waals surface area contributed by atoms with Crippen molar-refractivity contribution in [1.29, 1.82) is 0 Å². The number of aromatic nitrogens is 4. The number of anilines is 3. The van der Waals surface area contributed by atoms with Gasteiger partial charge in [0.1, 0.15) is 5.82 Å². The van der Waals surface area contributed by atoms with Crippen molar-refractivity contribution in [1.82, 2.24) is 19.9 Å². The molecule has 13 heteroatoms. The third-order valence-electron chi connectivity index (χ3n) is 5.04. The number of alkyl halides is 5. The molecule has 4 rings (SSSR count). The highest BCUT2D eigenvalue weighted by Gasteiger charge is 2.45. The molecule has 4 N–H and O–H groups in total. The fraction of sp³-hybridized carbons (Fsp3) is 0.529. The summed E-state index contributed by atoms with van der Waals surface area (Å²) in [7, 11) is 0. The van der Waals surface area contributed by atoms with Crippen LogP contribution in [0.5, 0.6) is 0 Å². The molecule has 2 fully saturated rings. The van der Waals surface area contributed by atoms with E-state index in [1.165, 1.54) is 11.0 Å². The highest BCUT2D eigenvalue weighted by atomic mass is 19.4. The third-order valence-corrected chi connectivity index (χ3v) is 5.04. The van der Waals surface area contributed by atoms with Crippen molar-refractivity contribution in [3.8, 4) is 11.3 Å². The summed E-state index contributed by atoms with van der Waals surface area (Å²) in [6, 6.07) is 1.25. The lowest BCUT2D eigenvalue weighted by atomic mass is 10.1. The van der Waals surface area contributed by atoms with Crippen molar-refractivity contribution < 1.29 is 22.0 Å². The summed E-state index contributed by atoms with van der Waals surface area (Å²) in [5, 5.41) is 0. The second kappa shape index (κ2) is 7.15. The molecule has 0 radical (unpaired) electrons. The van der Waals surface area contributed by atoms with Crippen LogP contribution in [0.25, 0.3) is 11.3 Å². The summed E-state index contributed by atoms with van der Waals surface area (Å²) in [5.41, 5.74) is 9.47. The zero-order valence-corrected chi connectivity index (χ0v) is 15.7. The summed E-state index contributed by atoms with van der Waals surface area (Å²) in [4.78, 5) is 18.6. The van der Waals surface area contributed by atoms with Gasteiger partial charge in [0.2, 0.25) is 11.9 Å². The molecule has 0 aromatic carbocycles. The Morgan fingerprint density at radius 2 is 1.70 bits per heavy atom. The zero-order chi connectivity index (χ0) is 21.7. The first kappa shape index (κ1) is 20.4. The van der Waals surface area contributed by atoms with Gasteiger partial charge in [0.05, 0.1) is 18.8 Å². The van der Waals surface area contributed by atoms with E-state index in [1.54, 1.807) is 4.90 Å². The van der Waals surface area contributed by atoms with E-state index in [1.807, 2.05) is 0 Å². The van der Waals surface area contributed by atoms with Gasteiger partial charge in [-0.25, -0.2) is 23.7 Å². The maximum Gasteiger partial charge on any atom is 0.434 e. The summed E-state index contributed by atoms with van der Waals surface area (Å²) in [6.07, 6.45) is -2.57. The van der Waals surface area contributed by atoms with Gasteiger partial charge in [0.25, 0.3) is 5.92 Å². The predicted molar refractivity (Wildman–Crippen MR) is 99.1 cm³/mol. The smallest absolute Gasteiger partial charge is 0.368 e. The van der Waals surface area contributed by atoms with Gasteiger partial charge >= 0.3 is 6.18 Å². The van der Waals surface area contributed by atoms with Gasteiger partial charge in [-0.15, -0.1) is 0 Å². The van der Waals surface area contributed by atoms with Crippen LogP contribution in [0.4, 0.5) is 39.7 Å². The molecular formula is C17H19F5N8. The summed E-state index contributed by atoms with van der Waals surface area (Å²) in [6.45, 7) is -0.133. The van der Waals surface area contributed by atoms with Crippen molar-refractivity contribution in [2.45, 2.75) is 31.0 Å². The fourth-order valence-corrected chi connectivity index (χ4v) is 3.44. The first-order valence-corrected chi connectivity index (χ1v) is 9.24. The molecule has 2 aromatic heterocycles. The minimum Gasteiger partial charge on any atom is -0.368 e. The van der Waals surface area contributed by atoms with E-state index in [0.717, 1.165) is 6.20 Å². The molecule has 0 unspecified atom stereocenters. The van der Waals surface area contributed by atoms with Crippen molar-refractivity contribution in [3.63, 3.8) is 0 Å². The van der Waals surface area contributed by atoms with Crippen molar-refractivity contribution >= 4 is 17.7 Å².